The van der Waals surface area contributed by atoms with Crippen molar-refractivity contribution in [3.8, 4) is 22.6 Å². The van der Waals surface area contributed by atoms with Crippen LogP contribution in [0.3, 0.4) is 0 Å². The number of benzene rings is 2. The molecule has 1 saturated heterocycles. The van der Waals surface area contributed by atoms with Gasteiger partial charge in [-0.05, 0) is 50.7 Å². The average Bonchev–Trinajstić information content (AvgIpc) is 2.91. The van der Waals surface area contributed by atoms with E-state index in [1.54, 1.807) is 18.2 Å². The predicted octanol–water partition coefficient (Wildman–Crippen LogP) is 4.75. The van der Waals surface area contributed by atoms with E-state index >= 15 is 4.39 Å². The van der Waals surface area contributed by atoms with E-state index in [1.807, 2.05) is 25.8 Å². The summed E-state index contributed by atoms with van der Waals surface area (Å²) in [7, 11) is 1.98. The molecule has 2 aromatic carbocycles. The molecule has 2 N–H and O–H groups in total. The number of rotatable bonds is 4. The highest BCUT2D eigenvalue weighted by atomic mass is 19.4. The summed E-state index contributed by atoms with van der Waals surface area (Å²) in [5.74, 6) is -0.731. The summed E-state index contributed by atoms with van der Waals surface area (Å²) in [6.07, 6.45) is -4.21. The fourth-order valence-corrected chi connectivity index (χ4v) is 5.04. The van der Waals surface area contributed by atoms with Crippen LogP contribution in [0.4, 0.5) is 28.9 Å². The topological polar surface area (TPSA) is 86.9 Å². The molecule has 5 rings (SSSR count). The lowest BCUT2D eigenvalue weighted by Crippen LogP contribution is -2.55. The smallest absolute Gasteiger partial charge is 0.417 e. The molecule has 2 atom stereocenters. The summed E-state index contributed by atoms with van der Waals surface area (Å²) in [5.41, 5.74) is -2.12. The number of anilines is 2. The molecule has 40 heavy (non-hydrogen) atoms. The van der Waals surface area contributed by atoms with E-state index in [4.69, 9.17) is 9.47 Å². The van der Waals surface area contributed by atoms with Crippen LogP contribution in [0.1, 0.15) is 29.8 Å². The van der Waals surface area contributed by atoms with Gasteiger partial charge in [-0.2, -0.15) is 13.2 Å². The molecular weight excluding hydrogens is 532 g/mol. The number of fused-ring (bicyclic) bond motifs is 1. The third-order valence-electron chi connectivity index (χ3n) is 7.36. The van der Waals surface area contributed by atoms with Gasteiger partial charge in [-0.3, -0.25) is 14.5 Å². The molecule has 2 unspecified atom stereocenters. The molecule has 1 aromatic heterocycles. The number of alkyl halides is 3. The Labute approximate surface area is 227 Å². The number of ether oxygens (including phenoxy) is 2. The summed E-state index contributed by atoms with van der Waals surface area (Å²) in [4.78, 5) is 31.0. The molecule has 3 heterocycles. The van der Waals surface area contributed by atoms with E-state index in [2.05, 4.69) is 15.2 Å². The third-order valence-corrected chi connectivity index (χ3v) is 7.36. The van der Waals surface area contributed by atoms with Crippen LogP contribution in [0.2, 0.25) is 0 Å². The van der Waals surface area contributed by atoms with Gasteiger partial charge in [0.1, 0.15) is 19.0 Å². The molecule has 0 spiro atoms. The minimum atomic E-state index is -4.94. The Morgan fingerprint density at radius 1 is 1.02 bits per heavy atom. The number of aromatic nitrogens is 1. The van der Waals surface area contributed by atoms with Gasteiger partial charge in [0.05, 0.1) is 22.5 Å². The number of carbonyl (C=O) groups excluding carboxylic acids is 1. The normalized spacial score (nSPS) is 19.4. The first kappa shape index (κ1) is 27.5. The number of hydrogen-bond donors (Lipinski definition) is 2. The Hall–Kier alpha value is -4.06. The van der Waals surface area contributed by atoms with Crippen LogP contribution in [0.25, 0.3) is 11.1 Å². The molecule has 0 bridgehead atoms. The fourth-order valence-electron chi connectivity index (χ4n) is 5.04. The average molecular weight is 561 g/mol. The fraction of sp³-hybridized carbons (Fsp3) is 0.357. The third kappa shape index (κ3) is 5.35. The molecule has 12 heteroatoms. The van der Waals surface area contributed by atoms with Crippen molar-refractivity contribution < 1.29 is 31.8 Å². The van der Waals surface area contributed by atoms with Crippen LogP contribution in [0.5, 0.6) is 11.5 Å². The van der Waals surface area contributed by atoms with Crippen LogP contribution in [-0.4, -0.2) is 61.2 Å². The van der Waals surface area contributed by atoms with Crippen LogP contribution in [0.15, 0.2) is 47.4 Å². The largest absolute Gasteiger partial charge is 0.486 e. The number of nitrogens with one attached hydrogen (secondary N) is 2. The van der Waals surface area contributed by atoms with Gasteiger partial charge in [-0.15, -0.1) is 0 Å². The molecule has 1 amide bonds. The zero-order valence-corrected chi connectivity index (χ0v) is 22.1. The van der Waals surface area contributed by atoms with Crippen LogP contribution >= 0.6 is 0 Å². The molecule has 2 aliphatic rings. The van der Waals surface area contributed by atoms with Crippen LogP contribution in [-0.2, 0) is 6.18 Å². The zero-order chi connectivity index (χ0) is 28.8. The second-order valence-corrected chi connectivity index (χ2v) is 10.1. The quantitative estimate of drug-likeness (QED) is 0.448. The van der Waals surface area contributed by atoms with Gasteiger partial charge >= 0.3 is 6.18 Å². The standard InChI is InChI=1S/C28H28F4N4O4/c1-15-13-36(14-16(2)35(15)3)23-11-21(29)18(17-4-5-24-25(8-17)40-7-6-39-24)9-22(23)34-27(38)19-12-33-26(37)10-20(19)28(30,31)32/h4-5,8-12,15-16H,6-7,13-14H2,1-3H3,(H,33,37)(H,34,38). The lowest BCUT2D eigenvalue weighted by atomic mass is 10.0. The van der Waals surface area contributed by atoms with Crippen LogP contribution in [0, 0.1) is 5.82 Å². The first-order valence-corrected chi connectivity index (χ1v) is 12.7. The Kier molecular flexibility index (Phi) is 7.21. The predicted molar refractivity (Wildman–Crippen MR) is 142 cm³/mol. The molecule has 0 radical (unpaired) electrons. The number of likely N-dealkylation sites (N-methyl/N-ethyl adjacent to an activating group) is 1. The van der Waals surface area contributed by atoms with E-state index in [9.17, 15) is 22.8 Å². The highest BCUT2D eigenvalue weighted by molar-refractivity contribution is 6.07. The Morgan fingerprint density at radius 3 is 2.38 bits per heavy atom. The first-order valence-electron chi connectivity index (χ1n) is 12.7. The van der Waals surface area contributed by atoms with Crippen molar-refractivity contribution in [3.05, 3.63) is 69.9 Å². The molecular formula is C28H28F4N4O4. The Bertz CT molecular complexity index is 1490. The van der Waals surface area contributed by atoms with Crippen molar-refractivity contribution in [2.75, 3.05) is 43.6 Å². The molecule has 1 fully saturated rings. The maximum Gasteiger partial charge on any atom is 0.417 e. The van der Waals surface area contributed by atoms with E-state index in [-0.39, 0.29) is 23.3 Å². The molecule has 212 valence electrons. The number of nitrogens with zero attached hydrogens (tertiary/aromatic N) is 2. The zero-order valence-electron chi connectivity index (χ0n) is 22.1. The summed E-state index contributed by atoms with van der Waals surface area (Å²) in [6, 6.07) is 8.10. The number of halogens is 4. The van der Waals surface area contributed by atoms with Gasteiger partial charge in [-0.1, -0.05) is 6.07 Å². The minimum Gasteiger partial charge on any atom is -0.486 e. The summed E-state index contributed by atoms with van der Waals surface area (Å²) >= 11 is 0. The van der Waals surface area contributed by atoms with Gasteiger partial charge in [0, 0.05) is 43.0 Å². The molecule has 3 aromatic rings. The molecule has 0 aliphatic carbocycles. The van der Waals surface area contributed by atoms with Crippen molar-refractivity contribution in [2.45, 2.75) is 32.1 Å². The molecule has 8 nitrogen and oxygen atoms in total. The summed E-state index contributed by atoms with van der Waals surface area (Å²) in [5, 5.41) is 2.56. The molecule has 0 saturated carbocycles. The van der Waals surface area contributed by atoms with Gasteiger partial charge in [-0.25, -0.2) is 4.39 Å². The number of carbonyl (C=O) groups is 1. The van der Waals surface area contributed by atoms with Crippen molar-refractivity contribution in [3.63, 3.8) is 0 Å². The SMILES string of the molecule is CC1CN(c2cc(F)c(-c3ccc4c(c3)OCCO4)cc2NC(=O)c2c[nH]c(=O)cc2C(F)(F)F)CC(C)N1C. The lowest BCUT2D eigenvalue weighted by molar-refractivity contribution is -0.138. The highest BCUT2D eigenvalue weighted by Gasteiger charge is 2.36. The lowest BCUT2D eigenvalue weighted by Gasteiger charge is -2.44. The van der Waals surface area contributed by atoms with Crippen molar-refractivity contribution in [1.82, 2.24) is 9.88 Å². The minimum absolute atomic E-state index is 0.0869. The number of piperazine rings is 1. The van der Waals surface area contributed by atoms with E-state index in [1.165, 1.54) is 12.1 Å². The maximum atomic E-state index is 15.7. The molecule has 2 aliphatic heterocycles. The van der Waals surface area contributed by atoms with Gasteiger partial charge in [0.15, 0.2) is 11.5 Å². The number of amides is 1. The maximum absolute atomic E-state index is 15.7. The number of pyridine rings is 1. The van der Waals surface area contributed by atoms with Crippen molar-refractivity contribution in [1.29, 1.82) is 0 Å². The second-order valence-electron chi connectivity index (χ2n) is 10.1. The van der Waals surface area contributed by atoms with Gasteiger partial charge in [0.2, 0.25) is 5.56 Å². The van der Waals surface area contributed by atoms with Crippen molar-refractivity contribution in [2.24, 2.45) is 0 Å². The van der Waals surface area contributed by atoms with Gasteiger partial charge in [0.25, 0.3) is 5.91 Å². The summed E-state index contributed by atoms with van der Waals surface area (Å²) in [6.45, 7) is 5.74. The van der Waals surface area contributed by atoms with E-state index in [0.29, 0.717) is 55.1 Å². The van der Waals surface area contributed by atoms with Crippen molar-refractivity contribution >= 4 is 17.3 Å². The monoisotopic (exact) mass is 560 g/mol. The number of H-pyrrole nitrogens is 1. The second kappa shape index (κ2) is 10.5. The highest BCUT2D eigenvalue weighted by Crippen LogP contribution is 2.40. The van der Waals surface area contributed by atoms with E-state index < -0.39 is 34.6 Å². The van der Waals surface area contributed by atoms with Gasteiger partial charge < -0.3 is 24.7 Å². The van der Waals surface area contributed by atoms with Crippen LogP contribution < -0.4 is 25.2 Å². The Balaban J connectivity index is 1.60. The number of hydrogen-bond acceptors (Lipinski definition) is 6. The first-order chi connectivity index (χ1) is 18.9. The Morgan fingerprint density at radius 2 is 1.70 bits per heavy atom. The summed E-state index contributed by atoms with van der Waals surface area (Å²) < 4.78 is 67.9. The number of aromatic amines is 1. The van der Waals surface area contributed by atoms with E-state index in [0.717, 1.165) is 6.20 Å².